The number of carbonyl (C=O) groups excluding carboxylic acids is 1. The van der Waals surface area contributed by atoms with Gasteiger partial charge < -0.3 is 5.32 Å². The number of carbonyl (C=O) groups is 1. The number of aromatic nitrogens is 4. The van der Waals surface area contributed by atoms with Crippen molar-refractivity contribution in [3.63, 3.8) is 0 Å². The lowest BCUT2D eigenvalue weighted by Gasteiger charge is -2.14. The summed E-state index contributed by atoms with van der Waals surface area (Å²) in [6.07, 6.45) is 0. The van der Waals surface area contributed by atoms with Crippen LogP contribution in [0.25, 0.3) is 0 Å². The summed E-state index contributed by atoms with van der Waals surface area (Å²) in [7, 11) is 0. The molecule has 1 aromatic heterocycles. The Labute approximate surface area is 111 Å². The normalized spacial score (nSPS) is 12.2. The van der Waals surface area contributed by atoms with Crippen LogP contribution in [0, 0.1) is 20.8 Å². The fraction of sp³-hybridized carbons (Fsp3) is 0.385. The molecule has 2 rings (SSSR count). The average molecular weight is 259 g/mol. The predicted octanol–water partition coefficient (Wildman–Crippen LogP) is 1.62. The molecular formula is C13H17N5O. The maximum Gasteiger partial charge on any atom is 0.252 e. The number of aryl methyl sites for hydroxylation is 3. The Balaban J connectivity index is 2.21. The topological polar surface area (TPSA) is 83.6 Å². The Bertz CT molecular complexity index is 568. The van der Waals surface area contributed by atoms with Crippen molar-refractivity contribution in [2.75, 3.05) is 0 Å². The van der Waals surface area contributed by atoms with Crippen LogP contribution in [-0.4, -0.2) is 26.5 Å². The molecule has 0 aliphatic heterocycles. The highest BCUT2D eigenvalue weighted by Crippen LogP contribution is 2.17. The summed E-state index contributed by atoms with van der Waals surface area (Å²) in [5.74, 6) is 0.350. The molecule has 1 heterocycles. The molecule has 0 radical (unpaired) electrons. The van der Waals surface area contributed by atoms with E-state index in [4.69, 9.17) is 0 Å². The molecule has 2 N–H and O–H groups in total. The van der Waals surface area contributed by atoms with Crippen LogP contribution < -0.4 is 5.32 Å². The van der Waals surface area contributed by atoms with Crippen molar-refractivity contribution >= 4 is 5.91 Å². The van der Waals surface area contributed by atoms with E-state index in [1.807, 2.05) is 39.8 Å². The Morgan fingerprint density at radius 2 is 1.89 bits per heavy atom. The number of rotatable bonds is 3. The molecule has 1 aromatic carbocycles. The van der Waals surface area contributed by atoms with Crippen LogP contribution in [0.15, 0.2) is 12.1 Å². The van der Waals surface area contributed by atoms with E-state index in [1.54, 1.807) is 0 Å². The van der Waals surface area contributed by atoms with Crippen molar-refractivity contribution in [3.8, 4) is 0 Å². The second-order valence-electron chi connectivity index (χ2n) is 4.74. The maximum absolute atomic E-state index is 12.3. The summed E-state index contributed by atoms with van der Waals surface area (Å²) in [6, 6.07) is 3.72. The summed E-state index contributed by atoms with van der Waals surface area (Å²) >= 11 is 0. The number of nitrogens with zero attached hydrogens (tertiary/aromatic N) is 3. The van der Waals surface area contributed by atoms with Crippen LogP contribution in [0.2, 0.25) is 0 Å². The summed E-state index contributed by atoms with van der Waals surface area (Å²) in [5.41, 5.74) is 3.80. The average Bonchev–Trinajstić information content (AvgIpc) is 2.80. The zero-order valence-corrected chi connectivity index (χ0v) is 11.5. The van der Waals surface area contributed by atoms with Crippen molar-refractivity contribution in [2.45, 2.75) is 33.7 Å². The van der Waals surface area contributed by atoms with Gasteiger partial charge in [0.2, 0.25) is 0 Å². The van der Waals surface area contributed by atoms with Crippen molar-refractivity contribution in [3.05, 3.63) is 40.2 Å². The Morgan fingerprint density at radius 3 is 2.42 bits per heavy atom. The smallest absolute Gasteiger partial charge is 0.252 e. The molecule has 0 saturated heterocycles. The van der Waals surface area contributed by atoms with E-state index < -0.39 is 0 Å². The van der Waals surface area contributed by atoms with Gasteiger partial charge >= 0.3 is 0 Å². The van der Waals surface area contributed by atoms with Gasteiger partial charge in [0.15, 0.2) is 5.82 Å². The molecule has 0 aliphatic rings. The standard InChI is InChI=1S/C13H17N5O/c1-7-5-8(2)11(9(3)6-7)13(19)14-10(4)12-15-17-18-16-12/h5-6,10H,1-4H3,(H,14,19)(H,15,16,17,18). The number of hydrogen-bond donors (Lipinski definition) is 2. The molecule has 1 atom stereocenters. The van der Waals surface area contributed by atoms with Crippen LogP contribution in [0.3, 0.4) is 0 Å². The van der Waals surface area contributed by atoms with Gasteiger partial charge in [-0.25, -0.2) is 0 Å². The quantitative estimate of drug-likeness (QED) is 0.877. The molecule has 0 fully saturated rings. The summed E-state index contributed by atoms with van der Waals surface area (Å²) < 4.78 is 0. The third-order valence-corrected chi connectivity index (χ3v) is 3.00. The van der Waals surface area contributed by atoms with Crippen LogP contribution >= 0.6 is 0 Å². The number of amides is 1. The number of tetrazole rings is 1. The first-order valence-electron chi connectivity index (χ1n) is 6.11. The van der Waals surface area contributed by atoms with Crippen molar-refractivity contribution < 1.29 is 4.79 Å². The van der Waals surface area contributed by atoms with Crippen LogP contribution in [0.5, 0.6) is 0 Å². The molecule has 19 heavy (non-hydrogen) atoms. The molecule has 100 valence electrons. The van der Waals surface area contributed by atoms with Gasteiger partial charge in [-0.2, -0.15) is 5.21 Å². The maximum atomic E-state index is 12.3. The van der Waals surface area contributed by atoms with E-state index in [1.165, 1.54) is 0 Å². The van der Waals surface area contributed by atoms with Crippen molar-refractivity contribution in [2.24, 2.45) is 0 Å². The highest BCUT2D eigenvalue weighted by Gasteiger charge is 2.17. The lowest BCUT2D eigenvalue weighted by Crippen LogP contribution is -2.28. The molecule has 0 saturated carbocycles. The Kier molecular flexibility index (Phi) is 3.59. The number of hydrogen-bond acceptors (Lipinski definition) is 4. The molecule has 2 aromatic rings. The van der Waals surface area contributed by atoms with E-state index in [-0.39, 0.29) is 11.9 Å². The fourth-order valence-corrected chi connectivity index (χ4v) is 2.22. The van der Waals surface area contributed by atoms with Crippen LogP contribution in [0.1, 0.15) is 45.8 Å². The number of benzene rings is 1. The van der Waals surface area contributed by atoms with Crippen LogP contribution in [0.4, 0.5) is 0 Å². The molecule has 0 aliphatic carbocycles. The first-order chi connectivity index (χ1) is 8.99. The van der Waals surface area contributed by atoms with E-state index in [0.29, 0.717) is 11.4 Å². The number of aromatic amines is 1. The van der Waals surface area contributed by atoms with E-state index in [0.717, 1.165) is 16.7 Å². The predicted molar refractivity (Wildman–Crippen MR) is 70.7 cm³/mol. The van der Waals surface area contributed by atoms with E-state index >= 15 is 0 Å². The minimum Gasteiger partial charge on any atom is -0.342 e. The van der Waals surface area contributed by atoms with Gasteiger partial charge in [-0.05, 0) is 38.8 Å². The Hall–Kier alpha value is -2.24. The van der Waals surface area contributed by atoms with Gasteiger partial charge in [-0.1, -0.05) is 22.9 Å². The van der Waals surface area contributed by atoms with Gasteiger partial charge in [0.05, 0.1) is 6.04 Å². The number of H-pyrrole nitrogens is 1. The molecule has 1 unspecified atom stereocenters. The van der Waals surface area contributed by atoms with Gasteiger partial charge in [-0.15, -0.1) is 10.2 Å². The zero-order chi connectivity index (χ0) is 14.0. The number of nitrogens with one attached hydrogen (secondary N) is 2. The SMILES string of the molecule is Cc1cc(C)c(C(=O)NC(C)c2nn[nH]n2)c(C)c1. The highest BCUT2D eigenvalue weighted by atomic mass is 16.1. The lowest BCUT2D eigenvalue weighted by atomic mass is 9.99. The van der Waals surface area contributed by atoms with E-state index in [2.05, 4.69) is 25.9 Å². The second kappa shape index (κ2) is 5.17. The molecule has 1 amide bonds. The van der Waals surface area contributed by atoms with Crippen molar-refractivity contribution in [1.82, 2.24) is 25.9 Å². The third kappa shape index (κ3) is 2.78. The zero-order valence-electron chi connectivity index (χ0n) is 11.5. The fourth-order valence-electron chi connectivity index (χ4n) is 2.22. The third-order valence-electron chi connectivity index (χ3n) is 3.00. The van der Waals surface area contributed by atoms with Gasteiger partial charge in [0.1, 0.15) is 0 Å². The van der Waals surface area contributed by atoms with Crippen LogP contribution in [-0.2, 0) is 0 Å². The lowest BCUT2D eigenvalue weighted by molar-refractivity contribution is 0.0937. The largest absolute Gasteiger partial charge is 0.342 e. The molecular weight excluding hydrogens is 242 g/mol. The summed E-state index contributed by atoms with van der Waals surface area (Å²) in [5, 5.41) is 16.5. The monoisotopic (exact) mass is 259 g/mol. The van der Waals surface area contributed by atoms with Gasteiger partial charge in [0, 0.05) is 5.56 Å². The first-order valence-corrected chi connectivity index (χ1v) is 6.11. The minimum absolute atomic E-state index is 0.118. The first kappa shape index (κ1) is 13.2. The van der Waals surface area contributed by atoms with Crippen molar-refractivity contribution in [1.29, 1.82) is 0 Å². The van der Waals surface area contributed by atoms with Gasteiger partial charge in [-0.3, -0.25) is 4.79 Å². The minimum atomic E-state index is -0.286. The summed E-state index contributed by atoms with van der Waals surface area (Å²) in [4.78, 5) is 12.3. The highest BCUT2D eigenvalue weighted by molar-refractivity contribution is 5.97. The second-order valence-corrected chi connectivity index (χ2v) is 4.74. The van der Waals surface area contributed by atoms with Gasteiger partial charge in [0.25, 0.3) is 5.91 Å². The molecule has 0 spiro atoms. The molecule has 6 heteroatoms. The molecule has 6 nitrogen and oxygen atoms in total. The Morgan fingerprint density at radius 1 is 1.26 bits per heavy atom. The van der Waals surface area contributed by atoms with E-state index in [9.17, 15) is 4.79 Å². The summed E-state index contributed by atoms with van der Waals surface area (Å²) in [6.45, 7) is 7.72. The molecule has 0 bridgehead atoms.